The third-order valence-corrected chi connectivity index (χ3v) is 1.25. The third kappa shape index (κ3) is 2.64. The number of halogens is 1. The number of nitrogens with one attached hydrogen (secondary N) is 2. The fraction of sp³-hybridized carbons (Fsp3) is 1.00. The van der Waals surface area contributed by atoms with E-state index >= 15 is 0 Å². The van der Waals surface area contributed by atoms with Gasteiger partial charge in [-0.15, -0.1) is 17.0 Å². The van der Waals surface area contributed by atoms with Gasteiger partial charge in [0.2, 0.25) is 0 Å². The van der Waals surface area contributed by atoms with Gasteiger partial charge in [0.15, 0.2) is 0 Å². The summed E-state index contributed by atoms with van der Waals surface area (Å²) >= 11 is 0. The fourth-order valence-electron chi connectivity index (χ4n) is 0.798. The molecule has 1 aliphatic rings. The Hall–Kier alpha value is 0.400. The summed E-state index contributed by atoms with van der Waals surface area (Å²) in [5, 5.41) is 6.59. The molecule has 0 aromatic heterocycles. The molecule has 1 aliphatic heterocycles. The van der Waals surface area contributed by atoms with Crippen LogP contribution in [0.4, 0.5) is 0 Å². The number of rotatable bonds is 0. The summed E-state index contributed by atoms with van der Waals surface area (Å²) in [5.74, 6) is 0. The van der Waals surface area contributed by atoms with E-state index in [9.17, 15) is 0 Å². The molecule has 1 heterocycles. The number of hydrogen-bond donors (Lipinski definition) is 2. The largest absolute Gasteiger partial charge is 0.314 e. The van der Waals surface area contributed by atoms with Crippen molar-refractivity contribution >= 4 is 17.0 Å². The van der Waals surface area contributed by atoms with Gasteiger partial charge in [0, 0.05) is 25.7 Å². The molecular formula is C5H13BrN2. The Morgan fingerprint density at radius 2 is 2.12 bits per heavy atom. The second-order valence-electron chi connectivity index (χ2n) is 2.06. The van der Waals surface area contributed by atoms with E-state index in [0.717, 1.165) is 19.6 Å². The van der Waals surface area contributed by atoms with Crippen molar-refractivity contribution in [3.05, 3.63) is 0 Å². The first-order chi connectivity index (χ1) is 3.39. The third-order valence-electron chi connectivity index (χ3n) is 1.25. The minimum Gasteiger partial charge on any atom is -0.314 e. The quantitative estimate of drug-likeness (QED) is 0.555. The maximum absolute atomic E-state index is 3.32. The Labute approximate surface area is 60.8 Å². The summed E-state index contributed by atoms with van der Waals surface area (Å²) in [6.45, 7) is 5.57. The van der Waals surface area contributed by atoms with Gasteiger partial charge in [0.1, 0.15) is 0 Å². The zero-order chi connectivity index (χ0) is 5.11. The first-order valence-electron chi connectivity index (χ1n) is 2.83. The normalized spacial score (nSPS) is 28.9. The van der Waals surface area contributed by atoms with Gasteiger partial charge < -0.3 is 10.6 Å². The van der Waals surface area contributed by atoms with Gasteiger partial charge in [-0.05, 0) is 6.92 Å². The van der Waals surface area contributed by atoms with Crippen LogP contribution in [-0.4, -0.2) is 25.7 Å². The number of hydrogen-bond acceptors (Lipinski definition) is 2. The lowest BCUT2D eigenvalue weighted by atomic mass is 10.3. The van der Waals surface area contributed by atoms with Gasteiger partial charge in [-0.1, -0.05) is 0 Å². The van der Waals surface area contributed by atoms with Crippen LogP contribution in [0, 0.1) is 0 Å². The van der Waals surface area contributed by atoms with Crippen LogP contribution in [0.1, 0.15) is 6.92 Å². The molecule has 0 aliphatic carbocycles. The van der Waals surface area contributed by atoms with Crippen LogP contribution < -0.4 is 10.6 Å². The number of piperazine rings is 1. The monoisotopic (exact) mass is 180 g/mol. The highest BCUT2D eigenvalue weighted by atomic mass is 79.9. The first kappa shape index (κ1) is 8.40. The van der Waals surface area contributed by atoms with Crippen molar-refractivity contribution in [2.24, 2.45) is 0 Å². The summed E-state index contributed by atoms with van der Waals surface area (Å²) in [7, 11) is 0. The van der Waals surface area contributed by atoms with Crippen molar-refractivity contribution in [2.45, 2.75) is 13.0 Å². The molecule has 2 nitrogen and oxygen atoms in total. The molecule has 1 unspecified atom stereocenters. The molecule has 50 valence electrons. The zero-order valence-corrected chi connectivity index (χ0v) is 6.82. The lowest BCUT2D eigenvalue weighted by Crippen LogP contribution is -2.46. The molecule has 8 heavy (non-hydrogen) atoms. The van der Waals surface area contributed by atoms with Crippen LogP contribution in [0.5, 0.6) is 0 Å². The van der Waals surface area contributed by atoms with Gasteiger partial charge in [0.25, 0.3) is 0 Å². The van der Waals surface area contributed by atoms with Crippen molar-refractivity contribution in [2.75, 3.05) is 19.6 Å². The molecule has 1 fully saturated rings. The van der Waals surface area contributed by atoms with E-state index in [0.29, 0.717) is 6.04 Å². The van der Waals surface area contributed by atoms with Gasteiger partial charge in [-0.25, -0.2) is 0 Å². The molecule has 0 spiro atoms. The van der Waals surface area contributed by atoms with Crippen LogP contribution in [-0.2, 0) is 0 Å². The molecule has 0 aromatic carbocycles. The van der Waals surface area contributed by atoms with Crippen molar-refractivity contribution in [3.63, 3.8) is 0 Å². The topological polar surface area (TPSA) is 24.1 Å². The van der Waals surface area contributed by atoms with Crippen LogP contribution >= 0.6 is 17.0 Å². The summed E-state index contributed by atoms with van der Waals surface area (Å²) < 4.78 is 0. The van der Waals surface area contributed by atoms with E-state index in [1.54, 1.807) is 0 Å². The predicted molar refractivity (Wildman–Crippen MR) is 40.7 cm³/mol. The molecule has 0 radical (unpaired) electrons. The fourth-order valence-corrected chi connectivity index (χ4v) is 0.798. The van der Waals surface area contributed by atoms with E-state index in [1.165, 1.54) is 0 Å². The average Bonchev–Trinajstić information content (AvgIpc) is 1.69. The van der Waals surface area contributed by atoms with Crippen molar-refractivity contribution < 1.29 is 0 Å². The van der Waals surface area contributed by atoms with E-state index in [1.807, 2.05) is 0 Å². The van der Waals surface area contributed by atoms with Crippen LogP contribution in [0.15, 0.2) is 0 Å². The minimum atomic E-state index is 0. The summed E-state index contributed by atoms with van der Waals surface area (Å²) in [5.41, 5.74) is 0. The molecule has 1 saturated heterocycles. The van der Waals surface area contributed by atoms with Crippen molar-refractivity contribution in [1.82, 2.24) is 10.6 Å². The molecule has 0 amide bonds. The summed E-state index contributed by atoms with van der Waals surface area (Å²) in [6.07, 6.45) is 0. The van der Waals surface area contributed by atoms with Gasteiger partial charge in [0.05, 0.1) is 0 Å². The Kier molecular flexibility index (Phi) is 4.51. The average molecular weight is 181 g/mol. The molecule has 0 aromatic rings. The Bertz CT molecular complexity index is 52.4. The predicted octanol–water partition coefficient (Wildman–Crippen LogP) is 0.146. The molecule has 1 atom stereocenters. The lowest BCUT2D eigenvalue weighted by Gasteiger charge is -2.19. The maximum atomic E-state index is 3.32. The SMILES string of the molecule is Br.CC1CNCCN1. The molecule has 1 rings (SSSR count). The molecule has 2 N–H and O–H groups in total. The van der Waals surface area contributed by atoms with Crippen LogP contribution in [0.2, 0.25) is 0 Å². The Morgan fingerprint density at radius 3 is 2.38 bits per heavy atom. The highest BCUT2D eigenvalue weighted by molar-refractivity contribution is 8.93. The first-order valence-corrected chi connectivity index (χ1v) is 2.83. The lowest BCUT2D eigenvalue weighted by molar-refractivity contribution is 0.442. The second-order valence-corrected chi connectivity index (χ2v) is 2.06. The van der Waals surface area contributed by atoms with E-state index in [2.05, 4.69) is 17.6 Å². The maximum Gasteiger partial charge on any atom is 0.0164 e. The van der Waals surface area contributed by atoms with Gasteiger partial charge >= 0.3 is 0 Å². The summed E-state index contributed by atoms with van der Waals surface area (Å²) in [4.78, 5) is 0. The molecule has 0 saturated carbocycles. The van der Waals surface area contributed by atoms with Crippen molar-refractivity contribution in [3.8, 4) is 0 Å². The van der Waals surface area contributed by atoms with Crippen LogP contribution in [0.25, 0.3) is 0 Å². The summed E-state index contributed by atoms with van der Waals surface area (Å²) in [6, 6.07) is 0.675. The van der Waals surface area contributed by atoms with E-state index in [-0.39, 0.29) is 17.0 Å². The molecular weight excluding hydrogens is 168 g/mol. The zero-order valence-electron chi connectivity index (χ0n) is 5.11. The Balaban J connectivity index is 0.000000490. The van der Waals surface area contributed by atoms with Crippen molar-refractivity contribution in [1.29, 1.82) is 0 Å². The highest BCUT2D eigenvalue weighted by Crippen LogP contribution is 1.80. The van der Waals surface area contributed by atoms with Gasteiger partial charge in [-0.3, -0.25) is 0 Å². The van der Waals surface area contributed by atoms with Gasteiger partial charge in [-0.2, -0.15) is 0 Å². The molecule has 0 bridgehead atoms. The standard InChI is InChI=1S/C5H12N2.BrH/c1-5-4-6-2-3-7-5;/h5-7H,2-4H2,1H3;1H. The Morgan fingerprint density at radius 1 is 1.38 bits per heavy atom. The van der Waals surface area contributed by atoms with E-state index in [4.69, 9.17) is 0 Å². The van der Waals surface area contributed by atoms with Crippen LogP contribution in [0.3, 0.4) is 0 Å². The molecule has 3 heteroatoms. The smallest absolute Gasteiger partial charge is 0.0164 e. The minimum absolute atomic E-state index is 0. The highest BCUT2D eigenvalue weighted by Gasteiger charge is 2.03. The van der Waals surface area contributed by atoms with E-state index < -0.39 is 0 Å². The second kappa shape index (κ2) is 4.30.